The minimum atomic E-state index is 0.0612. The molecule has 0 atom stereocenters. The number of carbonyl (C=O) groups is 1. The average Bonchev–Trinajstić information content (AvgIpc) is 2.47. The Kier molecular flexibility index (Phi) is 3.84. The second-order valence-electron chi connectivity index (χ2n) is 5.14. The van der Waals surface area contributed by atoms with Crippen LogP contribution in [0.25, 0.3) is 0 Å². The predicted molar refractivity (Wildman–Crippen MR) is 84.4 cm³/mol. The largest absolute Gasteiger partial charge is 0.490 e. The van der Waals surface area contributed by atoms with E-state index in [-0.39, 0.29) is 5.78 Å². The fourth-order valence-electron chi connectivity index (χ4n) is 2.51. The summed E-state index contributed by atoms with van der Waals surface area (Å²) in [5.74, 6) is 0.888. The molecule has 0 saturated heterocycles. The molecule has 0 N–H and O–H groups in total. The van der Waals surface area contributed by atoms with Crippen LogP contribution in [-0.4, -0.2) is 18.9 Å². The average molecular weight is 302 g/mol. The highest BCUT2D eigenvalue weighted by atomic mass is 35.5. The molecule has 0 spiro atoms. The molecule has 3 rings (SSSR count). The highest BCUT2D eigenvalue weighted by Crippen LogP contribution is 2.33. The maximum absolute atomic E-state index is 11.6. The predicted octanol–water partition coefficient (Wildman–Crippen LogP) is 3.94. The zero-order valence-electron chi connectivity index (χ0n) is 11.8. The van der Waals surface area contributed by atoms with Crippen LogP contribution >= 0.6 is 11.6 Å². The number of hydrogen-bond acceptors (Lipinski definition) is 3. The summed E-state index contributed by atoms with van der Waals surface area (Å²) in [7, 11) is 0. The van der Waals surface area contributed by atoms with E-state index in [9.17, 15) is 4.79 Å². The summed E-state index contributed by atoms with van der Waals surface area (Å²) in [5.41, 5.74) is 2.81. The molecule has 0 saturated carbocycles. The number of benzene rings is 2. The molecule has 0 aromatic heterocycles. The van der Waals surface area contributed by atoms with Crippen molar-refractivity contribution in [2.75, 3.05) is 18.1 Å². The van der Waals surface area contributed by atoms with Crippen molar-refractivity contribution in [1.82, 2.24) is 0 Å². The number of hydrogen-bond donors (Lipinski definition) is 0. The molecule has 21 heavy (non-hydrogen) atoms. The van der Waals surface area contributed by atoms with E-state index in [1.165, 1.54) is 0 Å². The quantitative estimate of drug-likeness (QED) is 0.804. The molecule has 3 nitrogen and oxygen atoms in total. The van der Waals surface area contributed by atoms with Crippen LogP contribution in [0.1, 0.15) is 22.8 Å². The third-order valence-electron chi connectivity index (χ3n) is 3.59. The maximum atomic E-state index is 11.6. The Morgan fingerprint density at radius 1 is 1.29 bits per heavy atom. The minimum Gasteiger partial charge on any atom is -0.490 e. The first kappa shape index (κ1) is 14.0. The van der Waals surface area contributed by atoms with Crippen LogP contribution in [-0.2, 0) is 6.54 Å². The number of nitrogens with zero attached hydrogens (tertiary/aromatic N) is 1. The van der Waals surface area contributed by atoms with Crippen molar-refractivity contribution in [3.63, 3.8) is 0 Å². The van der Waals surface area contributed by atoms with Gasteiger partial charge in [0.25, 0.3) is 0 Å². The molecule has 2 aromatic carbocycles. The van der Waals surface area contributed by atoms with Crippen molar-refractivity contribution in [3.05, 3.63) is 58.6 Å². The van der Waals surface area contributed by atoms with Gasteiger partial charge in [-0.05, 0) is 42.8 Å². The number of halogens is 1. The molecule has 0 fully saturated rings. The Labute approximate surface area is 129 Å². The van der Waals surface area contributed by atoms with Crippen LogP contribution in [0, 0.1) is 0 Å². The number of fused-ring (bicyclic) bond motifs is 1. The first-order valence-corrected chi connectivity index (χ1v) is 7.28. The summed E-state index contributed by atoms with van der Waals surface area (Å²) in [6, 6.07) is 13.4. The number of ether oxygens (including phenoxy) is 1. The highest BCUT2D eigenvalue weighted by molar-refractivity contribution is 6.30. The zero-order valence-corrected chi connectivity index (χ0v) is 12.6. The number of Topliss-reactive ketones (excluding diaryl/α,β-unsaturated/α-hetero) is 1. The van der Waals surface area contributed by atoms with Crippen molar-refractivity contribution in [1.29, 1.82) is 0 Å². The highest BCUT2D eigenvalue weighted by Gasteiger charge is 2.19. The van der Waals surface area contributed by atoms with Gasteiger partial charge in [-0.1, -0.05) is 23.7 Å². The van der Waals surface area contributed by atoms with Crippen molar-refractivity contribution in [2.24, 2.45) is 0 Å². The smallest absolute Gasteiger partial charge is 0.159 e. The Morgan fingerprint density at radius 2 is 2.14 bits per heavy atom. The summed E-state index contributed by atoms with van der Waals surface area (Å²) < 4.78 is 5.67. The van der Waals surface area contributed by atoms with Crippen molar-refractivity contribution in [3.8, 4) is 5.75 Å². The third kappa shape index (κ3) is 3.03. The van der Waals surface area contributed by atoms with Gasteiger partial charge in [0.05, 0.1) is 12.2 Å². The summed E-state index contributed by atoms with van der Waals surface area (Å²) >= 11 is 6.04. The lowest BCUT2D eigenvalue weighted by Gasteiger charge is -2.31. The lowest BCUT2D eigenvalue weighted by Crippen LogP contribution is -2.32. The van der Waals surface area contributed by atoms with Crippen LogP contribution in [0.5, 0.6) is 5.75 Å². The molecule has 1 heterocycles. The van der Waals surface area contributed by atoms with Crippen LogP contribution in [0.4, 0.5) is 5.69 Å². The van der Waals surface area contributed by atoms with Crippen LogP contribution in [0.3, 0.4) is 0 Å². The topological polar surface area (TPSA) is 29.5 Å². The van der Waals surface area contributed by atoms with Gasteiger partial charge in [-0.15, -0.1) is 0 Å². The molecule has 1 aliphatic heterocycles. The van der Waals surface area contributed by atoms with E-state index in [1.54, 1.807) is 6.92 Å². The van der Waals surface area contributed by atoms with Gasteiger partial charge in [0.15, 0.2) is 5.78 Å². The van der Waals surface area contributed by atoms with Crippen LogP contribution in [0.2, 0.25) is 5.02 Å². The first-order chi connectivity index (χ1) is 10.1. The Balaban J connectivity index is 1.92. The molecule has 2 aromatic rings. The Bertz CT molecular complexity index is 684. The van der Waals surface area contributed by atoms with Gasteiger partial charge in [-0.25, -0.2) is 0 Å². The summed E-state index contributed by atoms with van der Waals surface area (Å²) in [6.07, 6.45) is 0. The van der Waals surface area contributed by atoms with E-state index in [1.807, 2.05) is 36.4 Å². The fourth-order valence-corrected chi connectivity index (χ4v) is 2.72. The summed E-state index contributed by atoms with van der Waals surface area (Å²) in [5, 5.41) is 0.735. The molecule has 0 bridgehead atoms. The van der Waals surface area contributed by atoms with Crippen LogP contribution < -0.4 is 9.64 Å². The lowest BCUT2D eigenvalue weighted by atomic mass is 10.1. The molecule has 0 unspecified atom stereocenters. The SMILES string of the molecule is CC(=O)c1ccc2c(c1)N(Cc1cccc(Cl)c1)CCO2. The van der Waals surface area contributed by atoms with Crippen molar-refractivity contribution in [2.45, 2.75) is 13.5 Å². The van der Waals surface area contributed by atoms with E-state index < -0.39 is 0 Å². The summed E-state index contributed by atoms with van der Waals surface area (Å²) in [6.45, 7) is 3.76. The Hall–Kier alpha value is -2.00. The maximum Gasteiger partial charge on any atom is 0.159 e. The minimum absolute atomic E-state index is 0.0612. The van der Waals surface area contributed by atoms with Gasteiger partial charge in [-0.2, -0.15) is 0 Å². The van der Waals surface area contributed by atoms with Gasteiger partial charge in [0.1, 0.15) is 12.4 Å². The monoisotopic (exact) mass is 301 g/mol. The van der Waals surface area contributed by atoms with Crippen molar-refractivity contribution < 1.29 is 9.53 Å². The van der Waals surface area contributed by atoms with E-state index in [0.717, 1.165) is 35.1 Å². The van der Waals surface area contributed by atoms with Gasteiger partial charge >= 0.3 is 0 Å². The number of carbonyl (C=O) groups excluding carboxylic acids is 1. The van der Waals surface area contributed by atoms with Gasteiger partial charge in [0, 0.05) is 17.1 Å². The standard InChI is InChI=1S/C17H16ClNO2/c1-12(20)14-5-6-17-16(10-14)19(7-8-21-17)11-13-3-2-4-15(18)9-13/h2-6,9-10H,7-8,11H2,1H3. The van der Waals surface area contributed by atoms with E-state index in [0.29, 0.717) is 12.2 Å². The molecular formula is C17H16ClNO2. The first-order valence-electron chi connectivity index (χ1n) is 6.90. The summed E-state index contributed by atoms with van der Waals surface area (Å²) in [4.78, 5) is 13.8. The third-order valence-corrected chi connectivity index (χ3v) is 3.82. The second kappa shape index (κ2) is 5.78. The molecule has 0 radical (unpaired) electrons. The second-order valence-corrected chi connectivity index (χ2v) is 5.58. The number of anilines is 1. The number of ketones is 1. The normalized spacial score (nSPS) is 13.5. The van der Waals surface area contributed by atoms with Crippen LogP contribution in [0.15, 0.2) is 42.5 Å². The van der Waals surface area contributed by atoms with Gasteiger partial charge in [0.2, 0.25) is 0 Å². The molecule has 4 heteroatoms. The zero-order chi connectivity index (χ0) is 14.8. The molecule has 108 valence electrons. The molecule has 0 aliphatic carbocycles. The van der Waals surface area contributed by atoms with Gasteiger partial charge < -0.3 is 9.64 Å². The lowest BCUT2D eigenvalue weighted by molar-refractivity contribution is 0.101. The Morgan fingerprint density at radius 3 is 2.90 bits per heavy atom. The van der Waals surface area contributed by atoms with E-state index in [4.69, 9.17) is 16.3 Å². The fraction of sp³-hybridized carbons (Fsp3) is 0.235. The van der Waals surface area contributed by atoms with Gasteiger partial charge in [-0.3, -0.25) is 4.79 Å². The number of rotatable bonds is 3. The van der Waals surface area contributed by atoms with E-state index >= 15 is 0 Å². The molecular weight excluding hydrogens is 286 g/mol. The van der Waals surface area contributed by atoms with Crippen molar-refractivity contribution >= 4 is 23.1 Å². The molecule has 0 amide bonds. The van der Waals surface area contributed by atoms with E-state index in [2.05, 4.69) is 11.0 Å². The molecule has 1 aliphatic rings.